The molecule has 0 aromatic heterocycles. The summed E-state index contributed by atoms with van der Waals surface area (Å²) in [5, 5.41) is 9.54. The second-order valence-corrected chi connectivity index (χ2v) is 6.80. The maximum absolute atomic E-state index is 12.6. The zero-order valence-corrected chi connectivity index (χ0v) is 15.0. The molecule has 0 heterocycles. The first-order valence-electron chi connectivity index (χ1n) is 8.99. The molecule has 5 heteroatoms. The minimum atomic E-state index is -1.38. The molecule has 0 saturated carbocycles. The van der Waals surface area contributed by atoms with Crippen LogP contribution in [0.1, 0.15) is 28.5 Å². The quantitative estimate of drug-likeness (QED) is 0.403. The van der Waals surface area contributed by atoms with Gasteiger partial charge in [-0.25, -0.2) is 0 Å². The number of anilines is 1. The van der Waals surface area contributed by atoms with E-state index in [1.807, 2.05) is 48.5 Å². The Morgan fingerprint density at radius 3 is 1.96 bits per heavy atom. The van der Waals surface area contributed by atoms with Crippen LogP contribution >= 0.6 is 0 Å². The Morgan fingerprint density at radius 2 is 1.43 bits per heavy atom. The highest BCUT2D eigenvalue weighted by molar-refractivity contribution is 6.00. The highest BCUT2D eigenvalue weighted by Crippen LogP contribution is 2.44. The van der Waals surface area contributed by atoms with E-state index >= 15 is 0 Å². The molecule has 1 unspecified atom stereocenters. The molecule has 0 saturated heterocycles. The number of nitrogens with two attached hydrogens (primary N) is 1. The zero-order chi connectivity index (χ0) is 19.7. The first kappa shape index (κ1) is 17.8. The molecule has 4 rings (SSSR count). The van der Waals surface area contributed by atoms with Crippen molar-refractivity contribution in [2.24, 2.45) is 0 Å². The molecule has 5 nitrogen and oxygen atoms in total. The fourth-order valence-electron chi connectivity index (χ4n) is 3.76. The van der Waals surface area contributed by atoms with Gasteiger partial charge in [-0.15, -0.1) is 0 Å². The first-order chi connectivity index (χ1) is 13.6. The second-order valence-electron chi connectivity index (χ2n) is 6.80. The highest BCUT2D eigenvalue weighted by atomic mass is 16.5. The molecule has 0 spiro atoms. The summed E-state index contributed by atoms with van der Waals surface area (Å²) in [5.74, 6) is -3.52. The van der Waals surface area contributed by atoms with Crippen molar-refractivity contribution in [3.63, 3.8) is 0 Å². The number of benzene rings is 3. The summed E-state index contributed by atoms with van der Waals surface area (Å²) in [4.78, 5) is 24.3. The van der Waals surface area contributed by atoms with Gasteiger partial charge in [-0.1, -0.05) is 60.7 Å². The van der Waals surface area contributed by atoms with Gasteiger partial charge in [0.05, 0.1) is 0 Å². The number of hydrogen-bond acceptors (Lipinski definition) is 4. The van der Waals surface area contributed by atoms with Crippen LogP contribution in [0.15, 0.2) is 72.8 Å². The van der Waals surface area contributed by atoms with Crippen LogP contribution in [0.3, 0.4) is 0 Å². The number of aliphatic carboxylic acids is 1. The topological polar surface area (TPSA) is 89.6 Å². The lowest BCUT2D eigenvalue weighted by molar-refractivity contribution is -0.154. The second kappa shape index (κ2) is 7.19. The van der Waals surface area contributed by atoms with Crippen LogP contribution < -0.4 is 5.73 Å². The molecule has 3 N–H and O–H groups in total. The number of carbonyl (C=O) groups is 2. The summed E-state index contributed by atoms with van der Waals surface area (Å²) in [6.07, 6.45) is 0. The maximum atomic E-state index is 12.6. The molecule has 1 aliphatic carbocycles. The van der Waals surface area contributed by atoms with Gasteiger partial charge in [0.25, 0.3) is 0 Å². The third kappa shape index (κ3) is 3.11. The Bertz CT molecular complexity index is 997. The fourth-order valence-corrected chi connectivity index (χ4v) is 3.76. The van der Waals surface area contributed by atoms with E-state index in [2.05, 4.69) is 0 Å². The van der Waals surface area contributed by atoms with Gasteiger partial charge in [0.2, 0.25) is 0 Å². The minimum absolute atomic E-state index is 0.0889. The summed E-state index contributed by atoms with van der Waals surface area (Å²) >= 11 is 0. The predicted molar refractivity (Wildman–Crippen MR) is 106 cm³/mol. The number of esters is 1. The van der Waals surface area contributed by atoms with E-state index in [1.165, 1.54) is 12.1 Å². The third-order valence-corrected chi connectivity index (χ3v) is 5.11. The molecule has 1 aliphatic rings. The Labute approximate surface area is 162 Å². The number of hydrogen-bond donors (Lipinski definition) is 2. The van der Waals surface area contributed by atoms with Gasteiger partial charge in [0.1, 0.15) is 6.61 Å². The van der Waals surface area contributed by atoms with Crippen LogP contribution in [0.2, 0.25) is 0 Å². The number of carboxylic acid groups (broad SMARTS) is 1. The number of fused-ring (bicyclic) bond motifs is 3. The van der Waals surface area contributed by atoms with Crippen molar-refractivity contribution < 1.29 is 19.4 Å². The van der Waals surface area contributed by atoms with Crippen molar-refractivity contribution in [2.75, 3.05) is 12.3 Å². The van der Waals surface area contributed by atoms with Gasteiger partial charge < -0.3 is 15.6 Å². The van der Waals surface area contributed by atoms with Crippen molar-refractivity contribution in [3.8, 4) is 11.1 Å². The minimum Gasteiger partial charge on any atom is -0.480 e. The van der Waals surface area contributed by atoms with Gasteiger partial charge in [-0.3, -0.25) is 9.59 Å². The van der Waals surface area contributed by atoms with Gasteiger partial charge in [0, 0.05) is 11.6 Å². The normalized spacial score (nSPS) is 13.4. The Hall–Kier alpha value is -3.60. The van der Waals surface area contributed by atoms with Gasteiger partial charge in [0.15, 0.2) is 5.92 Å². The lowest BCUT2D eigenvalue weighted by Crippen LogP contribution is -2.25. The summed E-state index contributed by atoms with van der Waals surface area (Å²) in [6.45, 7) is 0.0889. The Morgan fingerprint density at radius 1 is 0.893 bits per heavy atom. The first-order valence-corrected chi connectivity index (χ1v) is 8.99. The summed E-state index contributed by atoms with van der Waals surface area (Å²) in [5.41, 5.74) is 10.9. The largest absolute Gasteiger partial charge is 0.480 e. The standard InChI is InChI=1S/C23H19NO4/c24-15-11-9-14(10-12-15)21(22(25)26)23(27)28-13-20-18-7-3-1-5-16(18)17-6-2-4-8-19(17)20/h1-12,20-21H,13,24H2,(H,25,26). The molecular formula is C23H19NO4. The Balaban J connectivity index is 1.57. The molecule has 140 valence electrons. The van der Waals surface area contributed by atoms with E-state index in [0.717, 1.165) is 22.3 Å². The third-order valence-electron chi connectivity index (χ3n) is 5.11. The van der Waals surface area contributed by atoms with Crippen LogP contribution in [-0.4, -0.2) is 23.7 Å². The van der Waals surface area contributed by atoms with Gasteiger partial charge in [-0.05, 0) is 39.9 Å². The average Bonchev–Trinajstić information content (AvgIpc) is 3.02. The van der Waals surface area contributed by atoms with Crippen molar-refractivity contribution >= 4 is 17.6 Å². The van der Waals surface area contributed by atoms with E-state index in [9.17, 15) is 14.7 Å². The van der Waals surface area contributed by atoms with Crippen molar-refractivity contribution in [2.45, 2.75) is 11.8 Å². The van der Waals surface area contributed by atoms with E-state index in [4.69, 9.17) is 10.5 Å². The smallest absolute Gasteiger partial charge is 0.324 e. The van der Waals surface area contributed by atoms with Crippen LogP contribution in [0.25, 0.3) is 11.1 Å². The average molecular weight is 373 g/mol. The van der Waals surface area contributed by atoms with Crippen molar-refractivity contribution in [3.05, 3.63) is 89.5 Å². The van der Waals surface area contributed by atoms with E-state index < -0.39 is 17.9 Å². The molecule has 0 aliphatic heterocycles. The van der Waals surface area contributed by atoms with Crippen molar-refractivity contribution in [1.82, 2.24) is 0 Å². The molecule has 28 heavy (non-hydrogen) atoms. The van der Waals surface area contributed by atoms with E-state index in [-0.39, 0.29) is 12.5 Å². The summed E-state index contributed by atoms with van der Waals surface area (Å²) in [6, 6.07) is 22.2. The molecular weight excluding hydrogens is 354 g/mol. The number of nitrogen functional groups attached to an aromatic ring is 1. The molecule has 0 radical (unpaired) electrons. The highest BCUT2D eigenvalue weighted by Gasteiger charge is 2.33. The summed E-state index contributed by atoms with van der Waals surface area (Å²) in [7, 11) is 0. The number of carbonyl (C=O) groups excluding carboxylic acids is 1. The molecule has 0 bridgehead atoms. The lowest BCUT2D eigenvalue weighted by Gasteiger charge is -2.17. The summed E-state index contributed by atoms with van der Waals surface area (Å²) < 4.78 is 5.50. The van der Waals surface area contributed by atoms with Gasteiger partial charge in [-0.2, -0.15) is 0 Å². The SMILES string of the molecule is Nc1ccc(C(C(=O)O)C(=O)OCC2c3ccccc3-c3ccccc32)cc1. The van der Waals surface area contributed by atoms with Crippen LogP contribution in [0.5, 0.6) is 0 Å². The monoisotopic (exact) mass is 373 g/mol. The van der Waals surface area contributed by atoms with Crippen LogP contribution in [0.4, 0.5) is 5.69 Å². The predicted octanol–water partition coefficient (Wildman–Crippen LogP) is 3.79. The number of rotatable bonds is 5. The molecule has 0 fully saturated rings. The van der Waals surface area contributed by atoms with Gasteiger partial charge >= 0.3 is 11.9 Å². The number of carboxylic acids is 1. The molecule has 1 atom stereocenters. The van der Waals surface area contributed by atoms with Crippen LogP contribution in [-0.2, 0) is 14.3 Å². The van der Waals surface area contributed by atoms with E-state index in [0.29, 0.717) is 11.3 Å². The molecule has 3 aromatic carbocycles. The molecule has 3 aromatic rings. The molecule has 0 amide bonds. The van der Waals surface area contributed by atoms with E-state index in [1.54, 1.807) is 12.1 Å². The zero-order valence-electron chi connectivity index (χ0n) is 15.0. The van der Waals surface area contributed by atoms with Crippen LogP contribution in [0, 0.1) is 0 Å². The fraction of sp³-hybridized carbons (Fsp3) is 0.130. The number of ether oxygens (including phenoxy) is 1. The maximum Gasteiger partial charge on any atom is 0.324 e. The van der Waals surface area contributed by atoms with Crippen molar-refractivity contribution in [1.29, 1.82) is 0 Å². The lowest BCUT2D eigenvalue weighted by atomic mass is 9.97. The Kier molecular flexibility index (Phi) is 4.57.